The van der Waals surface area contributed by atoms with Gasteiger partial charge in [-0.1, -0.05) is 36.8 Å². The molecule has 5 rings (SSSR count). The summed E-state index contributed by atoms with van der Waals surface area (Å²) in [5.74, 6) is 0.765. The second-order valence-corrected chi connectivity index (χ2v) is 8.61. The normalized spacial score (nSPS) is 16.9. The number of aromatic nitrogens is 2. The Morgan fingerprint density at radius 1 is 1.00 bits per heavy atom. The van der Waals surface area contributed by atoms with Gasteiger partial charge in [-0.05, 0) is 38.2 Å². The Morgan fingerprint density at radius 2 is 1.81 bits per heavy atom. The molecule has 166 valence electrons. The number of likely N-dealkylation sites (tertiary alicyclic amines) is 1. The first kappa shape index (κ1) is 20.5. The van der Waals surface area contributed by atoms with Crippen LogP contribution in [0.4, 0.5) is 0 Å². The van der Waals surface area contributed by atoms with E-state index in [0.29, 0.717) is 24.3 Å². The first-order valence-corrected chi connectivity index (χ1v) is 11.5. The summed E-state index contributed by atoms with van der Waals surface area (Å²) in [6, 6.07) is 11.8. The predicted molar refractivity (Wildman–Crippen MR) is 120 cm³/mol. The van der Waals surface area contributed by atoms with E-state index in [1.54, 1.807) is 6.07 Å². The lowest BCUT2D eigenvalue weighted by atomic mass is 10.0. The van der Waals surface area contributed by atoms with Crippen LogP contribution in [0.25, 0.3) is 11.4 Å². The third-order valence-corrected chi connectivity index (χ3v) is 6.50. The van der Waals surface area contributed by atoms with Crippen LogP contribution in [-0.2, 0) is 13.0 Å². The van der Waals surface area contributed by atoms with Gasteiger partial charge in [0.15, 0.2) is 0 Å². The molecule has 0 atom stereocenters. The number of nitrogens with zero attached hydrogens (tertiary/aromatic N) is 3. The monoisotopic (exact) mass is 432 g/mol. The van der Waals surface area contributed by atoms with Crippen molar-refractivity contribution in [2.45, 2.75) is 51.1 Å². The second-order valence-electron chi connectivity index (χ2n) is 8.61. The molecule has 7 nitrogen and oxygen atoms in total. The number of rotatable bonds is 4. The molecular weight excluding hydrogens is 404 g/mol. The highest BCUT2D eigenvalue weighted by molar-refractivity contribution is 5.95. The SMILES string of the molecule is O=C(NC1CCN(C(=O)c2ccoc2)CC1)c1nc(-c2ccccc2)n2c1CCCCC2. The van der Waals surface area contributed by atoms with Crippen molar-refractivity contribution in [3.63, 3.8) is 0 Å². The zero-order chi connectivity index (χ0) is 21.9. The summed E-state index contributed by atoms with van der Waals surface area (Å²) in [5.41, 5.74) is 3.22. The Kier molecular flexibility index (Phi) is 5.79. The molecule has 0 aliphatic carbocycles. The van der Waals surface area contributed by atoms with Crippen LogP contribution in [0.5, 0.6) is 0 Å². The maximum Gasteiger partial charge on any atom is 0.272 e. The molecule has 0 saturated carbocycles. The molecule has 1 aromatic carbocycles. The van der Waals surface area contributed by atoms with Gasteiger partial charge in [-0.15, -0.1) is 0 Å². The van der Waals surface area contributed by atoms with Crippen LogP contribution in [0, 0.1) is 0 Å². The number of nitrogens with one attached hydrogen (secondary N) is 1. The third-order valence-electron chi connectivity index (χ3n) is 6.50. The summed E-state index contributed by atoms with van der Waals surface area (Å²) in [5, 5.41) is 3.19. The lowest BCUT2D eigenvalue weighted by Gasteiger charge is -2.32. The molecule has 2 amide bonds. The van der Waals surface area contributed by atoms with E-state index in [-0.39, 0.29) is 17.9 Å². The highest BCUT2D eigenvalue weighted by atomic mass is 16.3. The highest BCUT2D eigenvalue weighted by Crippen LogP contribution is 2.27. The molecule has 2 aliphatic heterocycles. The number of furan rings is 1. The Bertz CT molecular complexity index is 1080. The fourth-order valence-electron chi connectivity index (χ4n) is 4.76. The molecule has 32 heavy (non-hydrogen) atoms. The van der Waals surface area contributed by atoms with Crippen molar-refractivity contribution >= 4 is 11.8 Å². The minimum Gasteiger partial charge on any atom is -0.472 e. The van der Waals surface area contributed by atoms with Gasteiger partial charge < -0.3 is 19.2 Å². The van der Waals surface area contributed by atoms with Gasteiger partial charge in [0.25, 0.3) is 11.8 Å². The molecule has 0 bridgehead atoms. The van der Waals surface area contributed by atoms with Gasteiger partial charge in [0.2, 0.25) is 0 Å². The van der Waals surface area contributed by atoms with Crippen molar-refractivity contribution in [2.24, 2.45) is 0 Å². The van der Waals surface area contributed by atoms with Gasteiger partial charge in [0, 0.05) is 31.2 Å². The third kappa shape index (κ3) is 4.07. The lowest BCUT2D eigenvalue weighted by molar-refractivity contribution is 0.0697. The van der Waals surface area contributed by atoms with Crippen LogP contribution in [0.15, 0.2) is 53.3 Å². The Morgan fingerprint density at radius 3 is 2.56 bits per heavy atom. The van der Waals surface area contributed by atoms with E-state index in [0.717, 1.165) is 55.7 Å². The average molecular weight is 433 g/mol. The molecule has 0 unspecified atom stereocenters. The number of imidazole rings is 1. The fraction of sp³-hybridized carbons (Fsp3) is 0.400. The quantitative estimate of drug-likeness (QED) is 0.678. The molecule has 3 aromatic rings. The van der Waals surface area contributed by atoms with Crippen molar-refractivity contribution in [2.75, 3.05) is 13.1 Å². The largest absolute Gasteiger partial charge is 0.472 e. The van der Waals surface area contributed by atoms with E-state index < -0.39 is 0 Å². The summed E-state index contributed by atoms with van der Waals surface area (Å²) in [6.07, 6.45) is 8.68. The zero-order valence-electron chi connectivity index (χ0n) is 18.1. The number of hydrogen-bond acceptors (Lipinski definition) is 4. The second kappa shape index (κ2) is 9.02. The lowest BCUT2D eigenvalue weighted by Crippen LogP contribution is -2.46. The summed E-state index contributed by atoms with van der Waals surface area (Å²) < 4.78 is 7.26. The van der Waals surface area contributed by atoms with E-state index in [4.69, 9.17) is 9.40 Å². The first-order chi connectivity index (χ1) is 15.7. The Balaban J connectivity index is 1.30. The number of carbonyl (C=O) groups excluding carboxylic acids is 2. The van der Waals surface area contributed by atoms with Gasteiger partial charge in [0.1, 0.15) is 17.8 Å². The van der Waals surface area contributed by atoms with Crippen LogP contribution >= 0.6 is 0 Å². The maximum absolute atomic E-state index is 13.3. The number of amides is 2. The number of carbonyl (C=O) groups is 2. The highest BCUT2D eigenvalue weighted by Gasteiger charge is 2.28. The number of fused-ring (bicyclic) bond motifs is 1. The Hall–Kier alpha value is -3.35. The molecular formula is C25H28N4O3. The van der Waals surface area contributed by atoms with E-state index in [1.807, 2.05) is 23.1 Å². The fourth-order valence-corrected chi connectivity index (χ4v) is 4.76. The van der Waals surface area contributed by atoms with Gasteiger partial charge >= 0.3 is 0 Å². The molecule has 0 spiro atoms. The summed E-state index contributed by atoms with van der Waals surface area (Å²) >= 11 is 0. The number of hydrogen-bond donors (Lipinski definition) is 1. The minimum atomic E-state index is -0.0996. The van der Waals surface area contributed by atoms with Crippen LogP contribution < -0.4 is 5.32 Å². The van der Waals surface area contributed by atoms with Gasteiger partial charge in [-0.25, -0.2) is 4.98 Å². The standard InChI is InChI=1S/C25H28N4O3/c30-24(26-20-10-14-28(15-11-20)25(31)19-12-16-32-17-19)22-21-9-5-2-6-13-29(21)23(27-22)18-7-3-1-4-8-18/h1,3-4,7-8,12,16-17,20H,2,5-6,9-11,13-15H2,(H,26,30). The Labute approximate surface area is 187 Å². The van der Waals surface area contributed by atoms with Crippen molar-refractivity contribution in [1.29, 1.82) is 0 Å². The first-order valence-electron chi connectivity index (χ1n) is 11.5. The summed E-state index contributed by atoms with van der Waals surface area (Å²) in [6.45, 7) is 2.13. The van der Waals surface area contributed by atoms with Crippen molar-refractivity contribution in [3.05, 3.63) is 65.9 Å². The smallest absolute Gasteiger partial charge is 0.272 e. The van der Waals surface area contributed by atoms with Crippen molar-refractivity contribution in [3.8, 4) is 11.4 Å². The van der Waals surface area contributed by atoms with Crippen LogP contribution in [0.1, 0.15) is 58.6 Å². The van der Waals surface area contributed by atoms with E-state index in [1.165, 1.54) is 18.9 Å². The molecule has 1 N–H and O–H groups in total. The summed E-state index contributed by atoms with van der Waals surface area (Å²) in [7, 11) is 0. The van der Waals surface area contributed by atoms with E-state index in [2.05, 4.69) is 22.0 Å². The molecule has 2 aromatic heterocycles. The van der Waals surface area contributed by atoms with Crippen molar-refractivity contribution in [1.82, 2.24) is 19.8 Å². The van der Waals surface area contributed by atoms with Gasteiger partial charge in [-0.3, -0.25) is 9.59 Å². The molecule has 7 heteroatoms. The minimum absolute atomic E-state index is 0.0181. The molecule has 2 aliphatic rings. The van der Waals surface area contributed by atoms with E-state index in [9.17, 15) is 9.59 Å². The number of benzene rings is 1. The zero-order valence-corrected chi connectivity index (χ0v) is 18.1. The van der Waals surface area contributed by atoms with Crippen molar-refractivity contribution < 1.29 is 14.0 Å². The average Bonchev–Trinajstić information content (AvgIpc) is 3.43. The van der Waals surface area contributed by atoms with Crippen LogP contribution in [0.2, 0.25) is 0 Å². The topological polar surface area (TPSA) is 80.4 Å². The molecule has 1 saturated heterocycles. The molecule has 1 fully saturated rings. The predicted octanol–water partition coefficient (Wildman–Crippen LogP) is 3.90. The number of piperidine rings is 1. The van der Waals surface area contributed by atoms with Gasteiger partial charge in [-0.2, -0.15) is 0 Å². The molecule has 4 heterocycles. The maximum atomic E-state index is 13.3. The van der Waals surface area contributed by atoms with Crippen LogP contribution in [-0.4, -0.2) is 45.4 Å². The molecule has 0 radical (unpaired) electrons. The summed E-state index contributed by atoms with van der Waals surface area (Å²) in [4.78, 5) is 32.4. The van der Waals surface area contributed by atoms with Crippen LogP contribution in [0.3, 0.4) is 0 Å². The van der Waals surface area contributed by atoms with Gasteiger partial charge in [0.05, 0.1) is 17.5 Å². The van der Waals surface area contributed by atoms with E-state index >= 15 is 0 Å².